The predicted molar refractivity (Wildman–Crippen MR) is 58.7 cm³/mol. The van der Waals surface area contributed by atoms with Gasteiger partial charge < -0.3 is 4.42 Å². The van der Waals surface area contributed by atoms with Gasteiger partial charge in [-0.25, -0.2) is 4.39 Å². The number of halogens is 2. The first-order chi connectivity index (χ1) is 7.25. The number of rotatable bonds is 0. The lowest BCUT2D eigenvalue weighted by atomic mass is 10.1. The Morgan fingerprint density at radius 3 is 2.80 bits per heavy atom. The third-order valence-electron chi connectivity index (χ3n) is 2.41. The molecule has 3 rings (SSSR count). The quantitative estimate of drug-likeness (QED) is 0.548. The first-order valence-corrected chi connectivity index (χ1v) is 4.90. The van der Waals surface area contributed by atoms with Crippen LogP contribution >= 0.6 is 11.6 Å². The maximum Gasteiger partial charge on any atom is 0.136 e. The van der Waals surface area contributed by atoms with Crippen molar-refractivity contribution in [3.05, 3.63) is 47.2 Å². The third-order valence-corrected chi connectivity index (χ3v) is 2.72. The molecule has 2 aromatic carbocycles. The number of hydrogen-bond acceptors (Lipinski definition) is 1. The molecule has 1 heterocycles. The van der Waals surface area contributed by atoms with Gasteiger partial charge in [0, 0.05) is 10.8 Å². The van der Waals surface area contributed by atoms with Gasteiger partial charge in [0.2, 0.25) is 0 Å². The van der Waals surface area contributed by atoms with Gasteiger partial charge in [-0.2, -0.15) is 0 Å². The van der Waals surface area contributed by atoms with Gasteiger partial charge in [-0.15, -0.1) is 0 Å². The van der Waals surface area contributed by atoms with E-state index in [0.29, 0.717) is 16.2 Å². The van der Waals surface area contributed by atoms with Crippen LogP contribution in [0.3, 0.4) is 0 Å². The molecule has 0 bridgehead atoms. The average Bonchev–Trinajstić information content (AvgIpc) is 2.57. The monoisotopic (exact) mass is 220 g/mol. The molecule has 15 heavy (non-hydrogen) atoms. The van der Waals surface area contributed by atoms with Crippen LogP contribution in [-0.2, 0) is 0 Å². The van der Waals surface area contributed by atoms with Gasteiger partial charge in [0.1, 0.15) is 17.0 Å². The molecule has 0 spiro atoms. The third kappa shape index (κ3) is 1.22. The molecule has 0 aliphatic carbocycles. The lowest BCUT2D eigenvalue weighted by Crippen LogP contribution is -1.72. The number of hydrogen-bond donors (Lipinski definition) is 0. The van der Waals surface area contributed by atoms with E-state index in [1.165, 1.54) is 12.1 Å². The Morgan fingerprint density at radius 2 is 1.93 bits per heavy atom. The van der Waals surface area contributed by atoms with Gasteiger partial charge in [-0.05, 0) is 30.3 Å². The molecule has 0 radical (unpaired) electrons. The largest absolute Gasteiger partial charge is 0.456 e. The standard InChI is InChI=1S/C12H6ClFO/c13-9-2-1-3-11-12(9)8-6-7(14)4-5-10(8)15-11/h1-6H. The van der Waals surface area contributed by atoms with Crippen LogP contribution in [-0.4, -0.2) is 0 Å². The van der Waals surface area contributed by atoms with E-state index in [4.69, 9.17) is 16.0 Å². The molecule has 0 aliphatic heterocycles. The number of furan rings is 1. The average molecular weight is 221 g/mol. The SMILES string of the molecule is Fc1ccc2oc3cccc(Cl)c3c2c1. The van der Waals surface area contributed by atoms with Crippen molar-refractivity contribution in [2.24, 2.45) is 0 Å². The molecule has 0 aliphatic rings. The minimum absolute atomic E-state index is 0.287. The highest BCUT2D eigenvalue weighted by molar-refractivity contribution is 6.37. The van der Waals surface area contributed by atoms with Crippen LogP contribution in [0.1, 0.15) is 0 Å². The molecule has 3 aromatic rings. The molecule has 0 unspecified atom stereocenters. The van der Waals surface area contributed by atoms with Crippen LogP contribution in [0.5, 0.6) is 0 Å². The van der Waals surface area contributed by atoms with E-state index in [1.807, 2.05) is 12.1 Å². The Hall–Kier alpha value is -1.54. The van der Waals surface area contributed by atoms with Crippen molar-refractivity contribution in [1.29, 1.82) is 0 Å². The van der Waals surface area contributed by atoms with Gasteiger partial charge in [0.05, 0.1) is 5.02 Å². The second-order valence-corrected chi connectivity index (χ2v) is 3.76. The van der Waals surface area contributed by atoms with Crippen molar-refractivity contribution in [3.8, 4) is 0 Å². The Bertz CT molecular complexity index is 657. The minimum Gasteiger partial charge on any atom is -0.456 e. The molecule has 3 heteroatoms. The molecule has 0 amide bonds. The summed E-state index contributed by atoms with van der Waals surface area (Å²) in [4.78, 5) is 0. The molecule has 0 N–H and O–H groups in total. The normalized spacial score (nSPS) is 11.3. The van der Waals surface area contributed by atoms with Gasteiger partial charge >= 0.3 is 0 Å². The highest BCUT2D eigenvalue weighted by Crippen LogP contribution is 2.33. The molecule has 1 aromatic heterocycles. The van der Waals surface area contributed by atoms with Crippen molar-refractivity contribution in [3.63, 3.8) is 0 Å². The first-order valence-electron chi connectivity index (χ1n) is 4.52. The molecule has 0 fully saturated rings. The maximum atomic E-state index is 13.1. The van der Waals surface area contributed by atoms with Gasteiger partial charge in [-0.1, -0.05) is 17.7 Å². The summed E-state index contributed by atoms with van der Waals surface area (Å²) in [5, 5.41) is 2.07. The zero-order chi connectivity index (χ0) is 10.4. The molecule has 0 saturated heterocycles. The molecule has 0 saturated carbocycles. The zero-order valence-corrected chi connectivity index (χ0v) is 8.38. The molecular formula is C12H6ClFO. The van der Waals surface area contributed by atoms with E-state index >= 15 is 0 Å². The number of benzene rings is 2. The smallest absolute Gasteiger partial charge is 0.136 e. The fourth-order valence-corrected chi connectivity index (χ4v) is 2.02. The van der Waals surface area contributed by atoms with Crippen LogP contribution in [0.15, 0.2) is 40.8 Å². The van der Waals surface area contributed by atoms with Crippen molar-refractivity contribution in [2.75, 3.05) is 0 Å². The summed E-state index contributed by atoms with van der Waals surface area (Å²) in [6.07, 6.45) is 0. The van der Waals surface area contributed by atoms with Crippen molar-refractivity contribution in [2.45, 2.75) is 0 Å². The van der Waals surface area contributed by atoms with Crippen LogP contribution in [0.4, 0.5) is 4.39 Å². The van der Waals surface area contributed by atoms with Crippen molar-refractivity contribution < 1.29 is 8.81 Å². The summed E-state index contributed by atoms with van der Waals surface area (Å²) in [5.74, 6) is -0.287. The highest BCUT2D eigenvalue weighted by atomic mass is 35.5. The highest BCUT2D eigenvalue weighted by Gasteiger charge is 2.09. The molecule has 1 nitrogen and oxygen atoms in total. The minimum atomic E-state index is -0.287. The fraction of sp³-hybridized carbons (Fsp3) is 0. The van der Waals surface area contributed by atoms with Gasteiger partial charge in [-0.3, -0.25) is 0 Å². The lowest BCUT2D eigenvalue weighted by Gasteiger charge is -1.92. The lowest BCUT2D eigenvalue weighted by molar-refractivity contribution is 0.626. The van der Waals surface area contributed by atoms with E-state index in [0.717, 1.165) is 10.8 Å². The second kappa shape index (κ2) is 2.97. The van der Waals surface area contributed by atoms with E-state index in [9.17, 15) is 4.39 Å². The summed E-state index contributed by atoms with van der Waals surface area (Å²) in [7, 11) is 0. The Morgan fingerprint density at radius 1 is 1.07 bits per heavy atom. The summed E-state index contributed by atoms with van der Waals surface area (Å²) < 4.78 is 18.6. The first kappa shape index (κ1) is 8.74. The van der Waals surface area contributed by atoms with E-state index in [-0.39, 0.29) is 5.82 Å². The number of fused-ring (bicyclic) bond motifs is 3. The molecule has 74 valence electrons. The van der Waals surface area contributed by atoms with Gasteiger partial charge in [0.25, 0.3) is 0 Å². The maximum absolute atomic E-state index is 13.1. The zero-order valence-electron chi connectivity index (χ0n) is 7.63. The van der Waals surface area contributed by atoms with E-state index in [2.05, 4.69) is 0 Å². The molecular weight excluding hydrogens is 215 g/mol. The van der Waals surface area contributed by atoms with E-state index in [1.54, 1.807) is 12.1 Å². The summed E-state index contributed by atoms with van der Waals surface area (Å²) in [5.41, 5.74) is 1.34. The summed E-state index contributed by atoms with van der Waals surface area (Å²) in [6, 6.07) is 9.82. The van der Waals surface area contributed by atoms with Crippen molar-refractivity contribution >= 4 is 33.5 Å². The Balaban J connectivity index is 2.61. The van der Waals surface area contributed by atoms with Crippen LogP contribution in [0.25, 0.3) is 21.9 Å². The van der Waals surface area contributed by atoms with Gasteiger partial charge in [0.15, 0.2) is 0 Å². The Kier molecular flexibility index (Phi) is 1.73. The molecule has 0 atom stereocenters. The van der Waals surface area contributed by atoms with Crippen molar-refractivity contribution in [1.82, 2.24) is 0 Å². The summed E-state index contributed by atoms with van der Waals surface area (Å²) in [6.45, 7) is 0. The fourth-order valence-electron chi connectivity index (χ4n) is 1.76. The topological polar surface area (TPSA) is 13.1 Å². The predicted octanol–water partition coefficient (Wildman–Crippen LogP) is 4.38. The van der Waals surface area contributed by atoms with Crippen LogP contribution in [0.2, 0.25) is 5.02 Å². The Labute approximate surface area is 90.1 Å². The second-order valence-electron chi connectivity index (χ2n) is 3.36. The van der Waals surface area contributed by atoms with Crippen LogP contribution in [0, 0.1) is 5.82 Å². The summed E-state index contributed by atoms with van der Waals surface area (Å²) >= 11 is 6.05. The van der Waals surface area contributed by atoms with Crippen LogP contribution < -0.4 is 0 Å². The van der Waals surface area contributed by atoms with E-state index < -0.39 is 0 Å².